The van der Waals surface area contributed by atoms with Crippen molar-refractivity contribution < 1.29 is 0 Å². The lowest BCUT2D eigenvalue weighted by Crippen LogP contribution is -2.35. The average molecular weight is 362 g/mol. The lowest BCUT2D eigenvalue weighted by Gasteiger charge is -2.27. The maximum atomic E-state index is 12.6. The number of nitrogens with one attached hydrogen (secondary N) is 1. The van der Waals surface area contributed by atoms with Crippen molar-refractivity contribution in [2.45, 2.75) is 19.5 Å². The Bertz CT molecular complexity index is 982. The van der Waals surface area contributed by atoms with Crippen LogP contribution in [0.2, 0.25) is 0 Å². The van der Waals surface area contributed by atoms with Gasteiger partial charge in [-0.2, -0.15) is 0 Å². The van der Waals surface area contributed by atoms with Crippen LogP contribution in [-0.2, 0) is 19.5 Å². The molecule has 7 nitrogen and oxygen atoms in total. The number of rotatable bonds is 4. The average Bonchev–Trinajstić information content (AvgIpc) is 2.69. The first-order valence-corrected chi connectivity index (χ1v) is 8.97. The van der Waals surface area contributed by atoms with Crippen molar-refractivity contribution in [1.29, 1.82) is 0 Å². The third-order valence-corrected chi connectivity index (χ3v) is 4.76. The van der Waals surface area contributed by atoms with Crippen molar-refractivity contribution >= 4 is 5.82 Å². The van der Waals surface area contributed by atoms with Gasteiger partial charge in [0.2, 0.25) is 0 Å². The van der Waals surface area contributed by atoms with Crippen LogP contribution in [0.4, 0.5) is 5.82 Å². The predicted octanol–water partition coefficient (Wildman–Crippen LogP) is 1.85. The van der Waals surface area contributed by atoms with Crippen molar-refractivity contribution in [3.8, 4) is 11.4 Å². The second-order valence-corrected chi connectivity index (χ2v) is 6.96. The Morgan fingerprint density at radius 2 is 2.11 bits per heavy atom. The summed E-state index contributed by atoms with van der Waals surface area (Å²) in [4.78, 5) is 33.0. The predicted molar refractivity (Wildman–Crippen MR) is 104 cm³/mol. The third kappa shape index (κ3) is 3.73. The molecule has 0 atom stereocenters. The monoisotopic (exact) mass is 362 g/mol. The van der Waals surface area contributed by atoms with Gasteiger partial charge in [0.1, 0.15) is 11.6 Å². The van der Waals surface area contributed by atoms with E-state index < -0.39 is 0 Å². The second kappa shape index (κ2) is 7.28. The van der Waals surface area contributed by atoms with E-state index in [1.54, 1.807) is 12.4 Å². The summed E-state index contributed by atoms with van der Waals surface area (Å²) in [6, 6.07) is 7.84. The van der Waals surface area contributed by atoms with Gasteiger partial charge in [-0.25, -0.2) is 9.97 Å². The van der Waals surface area contributed by atoms with Gasteiger partial charge in [-0.3, -0.25) is 14.7 Å². The van der Waals surface area contributed by atoms with E-state index in [1.807, 2.05) is 43.4 Å². The molecule has 1 N–H and O–H groups in total. The molecule has 7 heteroatoms. The SMILES string of the molecule is CN(C)c1ccc(CN2CCc3nc(-c4cccnc4)[nH]c(=O)c3C2)cn1. The molecule has 0 aromatic carbocycles. The Balaban J connectivity index is 1.52. The lowest BCUT2D eigenvalue weighted by atomic mass is 10.1. The third-order valence-electron chi connectivity index (χ3n) is 4.76. The highest BCUT2D eigenvalue weighted by Crippen LogP contribution is 2.19. The van der Waals surface area contributed by atoms with Crippen LogP contribution in [-0.4, -0.2) is 45.5 Å². The van der Waals surface area contributed by atoms with E-state index in [9.17, 15) is 4.79 Å². The molecule has 0 radical (unpaired) electrons. The van der Waals surface area contributed by atoms with Gasteiger partial charge < -0.3 is 9.88 Å². The molecule has 0 saturated heterocycles. The fourth-order valence-corrected chi connectivity index (χ4v) is 3.29. The van der Waals surface area contributed by atoms with Gasteiger partial charge in [-0.05, 0) is 23.8 Å². The van der Waals surface area contributed by atoms with Crippen LogP contribution in [0, 0.1) is 0 Å². The van der Waals surface area contributed by atoms with Gasteiger partial charge in [0.15, 0.2) is 0 Å². The van der Waals surface area contributed by atoms with Crippen LogP contribution in [0.1, 0.15) is 16.8 Å². The van der Waals surface area contributed by atoms with E-state index in [2.05, 4.69) is 30.9 Å². The molecule has 4 heterocycles. The number of aromatic nitrogens is 4. The molecule has 138 valence electrons. The van der Waals surface area contributed by atoms with Crippen molar-refractivity contribution in [2.75, 3.05) is 25.5 Å². The maximum Gasteiger partial charge on any atom is 0.255 e. The highest BCUT2D eigenvalue weighted by molar-refractivity contribution is 5.53. The summed E-state index contributed by atoms with van der Waals surface area (Å²) in [5.41, 5.74) is 3.54. The molecule has 4 rings (SSSR count). The summed E-state index contributed by atoms with van der Waals surface area (Å²) in [6.45, 7) is 2.23. The molecular formula is C20H22N6O. The minimum atomic E-state index is -0.0652. The molecule has 0 fully saturated rings. The zero-order valence-corrected chi connectivity index (χ0v) is 15.5. The number of hydrogen-bond donors (Lipinski definition) is 1. The van der Waals surface area contributed by atoms with Crippen LogP contribution in [0.15, 0.2) is 47.7 Å². The number of fused-ring (bicyclic) bond motifs is 1. The van der Waals surface area contributed by atoms with E-state index in [4.69, 9.17) is 0 Å². The van der Waals surface area contributed by atoms with Crippen LogP contribution in [0.3, 0.4) is 0 Å². The first kappa shape index (κ1) is 17.4. The van der Waals surface area contributed by atoms with Gasteiger partial charge in [-0.1, -0.05) is 6.07 Å². The topological polar surface area (TPSA) is 78.0 Å². The molecule has 0 saturated carbocycles. The number of hydrogen-bond acceptors (Lipinski definition) is 6. The standard InChI is InChI=1S/C20H22N6O/c1-25(2)18-6-5-14(10-22-18)12-26-9-7-17-16(13-26)20(27)24-19(23-17)15-4-3-8-21-11-15/h3-6,8,10-11H,7,9,12-13H2,1-2H3,(H,23,24,27). The van der Waals surface area contributed by atoms with E-state index in [1.165, 1.54) is 0 Å². The lowest BCUT2D eigenvalue weighted by molar-refractivity contribution is 0.241. The van der Waals surface area contributed by atoms with E-state index >= 15 is 0 Å². The minimum Gasteiger partial charge on any atom is -0.363 e. The fraction of sp³-hybridized carbons (Fsp3) is 0.300. The van der Waals surface area contributed by atoms with E-state index in [0.717, 1.165) is 47.7 Å². The summed E-state index contributed by atoms with van der Waals surface area (Å²) in [7, 11) is 3.95. The largest absolute Gasteiger partial charge is 0.363 e. The van der Waals surface area contributed by atoms with E-state index in [-0.39, 0.29) is 5.56 Å². The second-order valence-electron chi connectivity index (χ2n) is 6.96. The Hall–Kier alpha value is -3.06. The molecule has 0 amide bonds. The Kier molecular flexibility index (Phi) is 4.68. The molecule has 0 aliphatic carbocycles. The van der Waals surface area contributed by atoms with Gasteiger partial charge in [0.25, 0.3) is 5.56 Å². The van der Waals surface area contributed by atoms with Crippen molar-refractivity contribution in [1.82, 2.24) is 24.8 Å². The first-order valence-electron chi connectivity index (χ1n) is 8.97. The zero-order chi connectivity index (χ0) is 18.8. The first-order chi connectivity index (χ1) is 13.1. The highest BCUT2D eigenvalue weighted by Gasteiger charge is 2.21. The molecule has 1 aliphatic rings. The molecule has 3 aromatic rings. The molecule has 3 aromatic heterocycles. The number of H-pyrrole nitrogens is 1. The Labute approximate surface area is 157 Å². The normalized spacial score (nSPS) is 14.0. The van der Waals surface area contributed by atoms with E-state index in [0.29, 0.717) is 12.4 Å². The summed E-state index contributed by atoms with van der Waals surface area (Å²) in [5.74, 6) is 1.52. The van der Waals surface area contributed by atoms with Crippen LogP contribution < -0.4 is 10.5 Å². The molecule has 27 heavy (non-hydrogen) atoms. The van der Waals surface area contributed by atoms with Gasteiger partial charge in [0.05, 0.1) is 11.3 Å². The van der Waals surface area contributed by atoms with Gasteiger partial charge in [0, 0.05) is 64.3 Å². The van der Waals surface area contributed by atoms with Crippen molar-refractivity contribution in [3.05, 3.63) is 70.0 Å². The van der Waals surface area contributed by atoms with Gasteiger partial charge in [-0.15, -0.1) is 0 Å². The smallest absolute Gasteiger partial charge is 0.255 e. The number of pyridine rings is 2. The Morgan fingerprint density at radius 3 is 2.81 bits per heavy atom. The quantitative estimate of drug-likeness (QED) is 0.763. The molecular weight excluding hydrogens is 340 g/mol. The highest BCUT2D eigenvalue weighted by atomic mass is 16.1. The number of nitrogens with zero attached hydrogens (tertiary/aromatic N) is 5. The Morgan fingerprint density at radius 1 is 1.22 bits per heavy atom. The number of aromatic amines is 1. The maximum absolute atomic E-state index is 12.6. The van der Waals surface area contributed by atoms with Crippen LogP contribution in [0.25, 0.3) is 11.4 Å². The van der Waals surface area contributed by atoms with Crippen molar-refractivity contribution in [2.24, 2.45) is 0 Å². The summed E-state index contributed by atoms with van der Waals surface area (Å²) in [6.07, 6.45) is 6.08. The molecule has 0 unspecified atom stereocenters. The molecule has 1 aliphatic heterocycles. The summed E-state index contributed by atoms with van der Waals surface area (Å²) >= 11 is 0. The zero-order valence-electron chi connectivity index (χ0n) is 15.5. The molecule has 0 spiro atoms. The molecule has 0 bridgehead atoms. The minimum absolute atomic E-state index is 0.0652. The van der Waals surface area contributed by atoms with Crippen molar-refractivity contribution in [3.63, 3.8) is 0 Å². The van der Waals surface area contributed by atoms with Gasteiger partial charge >= 0.3 is 0 Å². The fourth-order valence-electron chi connectivity index (χ4n) is 3.29. The number of anilines is 1. The van der Waals surface area contributed by atoms with Crippen LogP contribution >= 0.6 is 0 Å². The summed E-state index contributed by atoms with van der Waals surface area (Å²) in [5, 5.41) is 0. The summed E-state index contributed by atoms with van der Waals surface area (Å²) < 4.78 is 0. The van der Waals surface area contributed by atoms with Crippen LogP contribution in [0.5, 0.6) is 0 Å².